The summed E-state index contributed by atoms with van der Waals surface area (Å²) < 4.78 is 6.63. The Hall–Kier alpha value is -6.70. The maximum atomic E-state index is 6.63. The van der Waals surface area contributed by atoms with E-state index in [1.807, 2.05) is 0 Å². The predicted octanol–water partition coefficient (Wildman–Crippen LogP) is 14.4. The Morgan fingerprint density at radius 1 is 0.255 bits per heavy atom. The molecule has 0 saturated heterocycles. The van der Waals surface area contributed by atoms with E-state index in [-0.39, 0.29) is 0 Å². The van der Waals surface area contributed by atoms with Gasteiger partial charge in [0, 0.05) is 16.2 Å². The second kappa shape index (κ2) is 10.9. The fourth-order valence-corrected chi connectivity index (χ4v) is 8.37. The molecule has 0 saturated carbocycles. The van der Waals surface area contributed by atoms with Crippen LogP contribution in [0.5, 0.6) is 0 Å². The second-order valence-corrected chi connectivity index (χ2v) is 13.7. The summed E-state index contributed by atoms with van der Waals surface area (Å²) in [5.41, 5.74) is 9.21. The lowest BCUT2D eigenvalue weighted by Gasteiger charge is -2.18. The van der Waals surface area contributed by atoms with Crippen molar-refractivity contribution in [3.8, 4) is 33.4 Å². The average molecular weight is 647 g/mol. The lowest BCUT2D eigenvalue weighted by molar-refractivity contribution is 0.673. The first kappa shape index (κ1) is 28.2. The van der Waals surface area contributed by atoms with Gasteiger partial charge < -0.3 is 4.42 Å². The molecule has 0 aliphatic carbocycles. The molecule has 0 amide bonds. The molecule has 0 aliphatic heterocycles. The van der Waals surface area contributed by atoms with Crippen LogP contribution in [0, 0.1) is 0 Å². The normalized spacial score (nSPS) is 11.9. The molecule has 11 aromatic rings. The van der Waals surface area contributed by atoms with Gasteiger partial charge in [-0.15, -0.1) is 0 Å². The Kier molecular flexibility index (Phi) is 6.02. The van der Waals surface area contributed by atoms with Crippen molar-refractivity contribution >= 4 is 75.8 Å². The third-order valence-electron chi connectivity index (χ3n) is 10.8. The third-order valence-corrected chi connectivity index (χ3v) is 10.8. The Morgan fingerprint density at radius 3 is 1.47 bits per heavy atom. The zero-order valence-corrected chi connectivity index (χ0v) is 27.7. The number of furan rings is 1. The van der Waals surface area contributed by atoms with Crippen LogP contribution in [0.4, 0.5) is 0 Å². The fraction of sp³-hybridized carbons (Fsp3) is 0. The summed E-state index contributed by atoms with van der Waals surface area (Å²) in [6.45, 7) is 0. The SMILES string of the molecule is c1cc(-c2ccc3ccc4c5cc6ccccc6cc5oc4c3c2)cc(-c2c3ccccc3c(-c3ccc4ccccc4c3)c3ccccc23)c1. The molecule has 1 aromatic heterocycles. The number of rotatable bonds is 3. The average Bonchev–Trinajstić information content (AvgIpc) is 3.56. The van der Waals surface area contributed by atoms with Gasteiger partial charge >= 0.3 is 0 Å². The number of hydrogen-bond donors (Lipinski definition) is 0. The molecular formula is C50H30O. The van der Waals surface area contributed by atoms with E-state index in [0.717, 1.165) is 27.3 Å². The third kappa shape index (κ3) is 4.35. The molecule has 51 heavy (non-hydrogen) atoms. The molecule has 0 N–H and O–H groups in total. The second-order valence-electron chi connectivity index (χ2n) is 13.7. The van der Waals surface area contributed by atoms with Crippen LogP contribution < -0.4 is 0 Å². The highest BCUT2D eigenvalue weighted by atomic mass is 16.3. The first-order valence-electron chi connectivity index (χ1n) is 17.6. The smallest absolute Gasteiger partial charge is 0.143 e. The molecular weight excluding hydrogens is 617 g/mol. The monoisotopic (exact) mass is 646 g/mol. The molecule has 0 bridgehead atoms. The Labute approximate surface area is 294 Å². The summed E-state index contributed by atoms with van der Waals surface area (Å²) in [4.78, 5) is 0. The Bertz CT molecular complexity index is 3140. The summed E-state index contributed by atoms with van der Waals surface area (Å²) >= 11 is 0. The minimum absolute atomic E-state index is 0.925. The van der Waals surface area contributed by atoms with Gasteiger partial charge in [0.05, 0.1) is 0 Å². The molecule has 1 heteroatoms. The molecule has 0 spiro atoms. The largest absolute Gasteiger partial charge is 0.455 e. The van der Waals surface area contributed by atoms with Crippen molar-refractivity contribution in [1.82, 2.24) is 0 Å². The summed E-state index contributed by atoms with van der Waals surface area (Å²) in [5.74, 6) is 0. The summed E-state index contributed by atoms with van der Waals surface area (Å²) in [7, 11) is 0. The van der Waals surface area contributed by atoms with Crippen molar-refractivity contribution in [1.29, 1.82) is 0 Å². The molecule has 11 rings (SSSR count). The molecule has 0 radical (unpaired) electrons. The van der Waals surface area contributed by atoms with Gasteiger partial charge in [-0.25, -0.2) is 0 Å². The number of benzene rings is 10. The van der Waals surface area contributed by atoms with Crippen molar-refractivity contribution in [2.45, 2.75) is 0 Å². The van der Waals surface area contributed by atoms with Crippen LogP contribution in [0.25, 0.3) is 109 Å². The summed E-state index contributed by atoms with van der Waals surface area (Å²) in [6.07, 6.45) is 0. The van der Waals surface area contributed by atoms with Crippen LogP contribution in [0.15, 0.2) is 186 Å². The van der Waals surface area contributed by atoms with Gasteiger partial charge in [-0.3, -0.25) is 0 Å². The Balaban J connectivity index is 1.11. The maximum Gasteiger partial charge on any atom is 0.143 e. The highest BCUT2D eigenvalue weighted by Crippen LogP contribution is 2.45. The molecule has 0 unspecified atom stereocenters. The zero-order chi connectivity index (χ0) is 33.5. The minimum Gasteiger partial charge on any atom is -0.455 e. The molecule has 1 nitrogen and oxygen atoms in total. The zero-order valence-electron chi connectivity index (χ0n) is 27.7. The van der Waals surface area contributed by atoms with Gasteiger partial charge in [0.25, 0.3) is 0 Å². The highest BCUT2D eigenvalue weighted by Gasteiger charge is 2.18. The van der Waals surface area contributed by atoms with E-state index in [9.17, 15) is 0 Å². The lowest BCUT2D eigenvalue weighted by Crippen LogP contribution is -1.91. The summed E-state index contributed by atoms with van der Waals surface area (Å²) in [6, 6.07) is 66.4. The lowest BCUT2D eigenvalue weighted by atomic mass is 9.85. The number of hydrogen-bond acceptors (Lipinski definition) is 1. The quantitative estimate of drug-likeness (QED) is 0.174. The topological polar surface area (TPSA) is 13.1 Å². The van der Waals surface area contributed by atoms with Gasteiger partial charge in [-0.2, -0.15) is 0 Å². The van der Waals surface area contributed by atoms with Crippen molar-refractivity contribution in [3.63, 3.8) is 0 Å². The van der Waals surface area contributed by atoms with Crippen LogP contribution in [0.2, 0.25) is 0 Å². The van der Waals surface area contributed by atoms with Crippen molar-refractivity contribution in [2.75, 3.05) is 0 Å². The van der Waals surface area contributed by atoms with E-state index in [4.69, 9.17) is 4.42 Å². The van der Waals surface area contributed by atoms with E-state index in [0.29, 0.717) is 0 Å². The minimum atomic E-state index is 0.925. The summed E-state index contributed by atoms with van der Waals surface area (Å²) in [5, 5.41) is 14.6. The van der Waals surface area contributed by atoms with Crippen LogP contribution >= 0.6 is 0 Å². The van der Waals surface area contributed by atoms with Crippen molar-refractivity contribution in [2.24, 2.45) is 0 Å². The van der Waals surface area contributed by atoms with Crippen LogP contribution in [0.3, 0.4) is 0 Å². The van der Waals surface area contributed by atoms with Gasteiger partial charge in [-0.05, 0) is 118 Å². The first-order valence-corrected chi connectivity index (χ1v) is 17.6. The van der Waals surface area contributed by atoms with Crippen molar-refractivity contribution < 1.29 is 4.42 Å². The fourth-order valence-electron chi connectivity index (χ4n) is 8.37. The van der Waals surface area contributed by atoms with Gasteiger partial charge in [0.2, 0.25) is 0 Å². The van der Waals surface area contributed by atoms with Gasteiger partial charge in [-0.1, -0.05) is 146 Å². The van der Waals surface area contributed by atoms with E-state index >= 15 is 0 Å². The molecule has 0 fully saturated rings. The highest BCUT2D eigenvalue weighted by molar-refractivity contribution is 6.22. The molecule has 1 heterocycles. The maximum absolute atomic E-state index is 6.63. The molecule has 236 valence electrons. The molecule has 10 aromatic carbocycles. The molecule has 0 atom stereocenters. The van der Waals surface area contributed by atoms with Gasteiger partial charge in [0.1, 0.15) is 11.2 Å². The van der Waals surface area contributed by atoms with E-state index < -0.39 is 0 Å². The van der Waals surface area contributed by atoms with Crippen LogP contribution in [0.1, 0.15) is 0 Å². The van der Waals surface area contributed by atoms with Gasteiger partial charge in [0.15, 0.2) is 0 Å². The first-order chi connectivity index (χ1) is 25.3. The van der Waals surface area contributed by atoms with Crippen molar-refractivity contribution in [3.05, 3.63) is 182 Å². The van der Waals surface area contributed by atoms with Crippen LogP contribution in [-0.4, -0.2) is 0 Å². The standard InChI is InChI=1S/C50H30O/c1-2-11-33-26-39(23-20-31(33)10-1)49-42-18-7-5-16-40(42)48(41-17-6-8-19-43(41)49)38-15-9-14-34(27-38)37-22-21-32-24-25-44-46-29-35-12-3-4-13-36(35)30-47(46)51-50(44)45(32)28-37/h1-30H. The number of fused-ring (bicyclic) bond motifs is 9. The predicted molar refractivity (Wildman–Crippen MR) is 218 cm³/mol. The van der Waals surface area contributed by atoms with E-state index in [2.05, 4.69) is 182 Å². The van der Waals surface area contributed by atoms with E-state index in [1.165, 1.54) is 81.9 Å². The Morgan fingerprint density at radius 2 is 0.765 bits per heavy atom. The molecule has 0 aliphatic rings. The van der Waals surface area contributed by atoms with E-state index in [1.54, 1.807) is 0 Å². The van der Waals surface area contributed by atoms with Crippen LogP contribution in [-0.2, 0) is 0 Å².